The maximum Gasteiger partial charge on any atom is 0.416 e. The molecule has 9 heteroatoms. The Morgan fingerprint density at radius 1 is 1.38 bits per heavy atom. The number of carbonyl (C=O) groups is 1. The van der Waals surface area contributed by atoms with E-state index in [4.69, 9.17) is 27.9 Å². The summed E-state index contributed by atoms with van der Waals surface area (Å²) in [7, 11) is 0. The molecular formula is C12H9Cl2N3O2S2. The summed E-state index contributed by atoms with van der Waals surface area (Å²) in [4.78, 5) is 12.9. The molecular weight excluding hydrogens is 353 g/mol. The lowest BCUT2D eigenvalue weighted by Crippen LogP contribution is -2.22. The number of hydrogen-bond donors (Lipinski definition) is 0. The second-order valence-electron chi connectivity index (χ2n) is 4.14. The van der Waals surface area contributed by atoms with Gasteiger partial charge in [-0.2, -0.15) is 0 Å². The molecule has 3 rings (SSSR count). The summed E-state index contributed by atoms with van der Waals surface area (Å²) in [6.07, 6.45) is -0.372. The molecule has 0 unspecified atom stereocenters. The van der Waals surface area contributed by atoms with E-state index in [-0.39, 0.29) is 6.09 Å². The van der Waals surface area contributed by atoms with Crippen molar-refractivity contribution in [1.82, 2.24) is 10.2 Å². The fourth-order valence-electron chi connectivity index (χ4n) is 1.72. The number of thioether (sulfide) groups is 1. The van der Waals surface area contributed by atoms with Crippen LogP contribution in [-0.4, -0.2) is 29.4 Å². The quantitative estimate of drug-likeness (QED) is 0.606. The molecule has 110 valence electrons. The molecule has 1 aromatic heterocycles. The number of aromatic nitrogens is 2. The first-order valence-electron chi connectivity index (χ1n) is 5.98. The largest absolute Gasteiger partial charge is 0.447 e. The lowest BCUT2D eigenvalue weighted by atomic mass is 10.2. The van der Waals surface area contributed by atoms with Gasteiger partial charge in [0.25, 0.3) is 0 Å². The number of amides is 1. The monoisotopic (exact) mass is 361 g/mol. The predicted octanol–water partition coefficient (Wildman–Crippen LogP) is 4.09. The van der Waals surface area contributed by atoms with Gasteiger partial charge in [-0.1, -0.05) is 52.4 Å². The van der Waals surface area contributed by atoms with Crippen LogP contribution in [0.1, 0.15) is 5.56 Å². The third kappa shape index (κ3) is 3.42. The number of ether oxygens (including phenoxy) is 1. The molecule has 0 saturated carbocycles. The summed E-state index contributed by atoms with van der Waals surface area (Å²) in [6, 6.07) is 5.40. The van der Waals surface area contributed by atoms with Crippen molar-refractivity contribution in [3.8, 4) is 0 Å². The Bertz CT molecular complexity index is 680. The van der Waals surface area contributed by atoms with Gasteiger partial charge < -0.3 is 4.74 Å². The third-order valence-electron chi connectivity index (χ3n) is 2.75. The van der Waals surface area contributed by atoms with E-state index in [0.29, 0.717) is 34.1 Å². The lowest BCUT2D eigenvalue weighted by Gasteiger charge is -2.05. The second kappa shape index (κ2) is 6.39. The van der Waals surface area contributed by atoms with E-state index in [1.807, 2.05) is 6.07 Å². The van der Waals surface area contributed by atoms with Crippen LogP contribution in [0.4, 0.5) is 9.93 Å². The summed E-state index contributed by atoms with van der Waals surface area (Å²) >= 11 is 14.9. The SMILES string of the molecule is O=C1OCCN1c1nnc(SCc2ccc(Cl)cc2Cl)s1. The number of nitrogens with zero attached hydrogens (tertiary/aromatic N) is 3. The molecule has 1 saturated heterocycles. The normalized spacial score (nSPS) is 14.6. The molecule has 0 atom stereocenters. The number of anilines is 1. The van der Waals surface area contributed by atoms with Gasteiger partial charge >= 0.3 is 6.09 Å². The zero-order chi connectivity index (χ0) is 14.8. The van der Waals surface area contributed by atoms with E-state index in [2.05, 4.69) is 10.2 Å². The van der Waals surface area contributed by atoms with Crippen molar-refractivity contribution in [2.75, 3.05) is 18.1 Å². The Labute approximate surface area is 139 Å². The summed E-state index contributed by atoms with van der Waals surface area (Å²) < 4.78 is 5.65. The highest BCUT2D eigenvalue weighted by Gasteiger charge is 2.26. The van der Waals surface area contributed by atoms with E-state index < -0.39 is 0 Å². The molecule has 2 aromatic rings. The van der Waals surface area contributed by atoms with Crippen LogP contribution < -0.4 is 4.90 Å². The molecule has 0 radical (unpaired) electrons. The predicted molar refractivity (Wildman–Crippen MR) is 84.6 cm³/mol. The van der Waals surface area contributed by atoms with Crippen molar-refractivity contribution in [3.63, 3.8) is 0 Å². The van der Waals surface area contributed by atoms with E-state index in [0.717, 1.165) is 9.90 Å². The van der Waals surface area contributed by atoms with Gasteiger partial charge in [-0.05, 0) is 17.7 Å². The Kier molecular flexibility index (Phi) is 4.54. The van der Waals surface area contributed by atoms with E-state index in [1.165, 1.54) is 28.0 Å². The summed E-state index contributed by atoms with van der Waals surface area (Å²) in [5.41, 5.74) is 0.975. The number of hydrogen-bond acceptors (Lipinski definition) is 6. The fraction of sp³-hybridized carbons (Fsp3) is 0.250. The van der Waals surface area contributed by atoms with Crippen LogP contribution >= 0.6 is 46.3 Å². The first-order chi connectivity index (χ1) is 10.1. The Morgan fingerprint density at radius 2 is 2.24 bits per heavy atom. The molecule has 1 aromatic carbocycles. The molecule has 0 spiro atoms. The zero-order valence-electron chi connectivity index (χ0n) is 10.6. The first-order valence-corrected chi connectivity index (χ1v) is 8.54. The molecule has 1 aliphatic heterocycles. The zero-order valence-corrected chi connectivity index (χ0v) is 13.7. The van der Waals surface area contributed by atoms with Gasteiger partial charge in [-0.15, -0.1) is 10.2 Å². The average molecular weight is 362 g/mol. The smallest absolute Gasteiger partial charge is 0.416 e. The van der Waals surface area contributed by atoms with Crippen LogP contribution in [-0.2, 0) is 10.5 Å². The van der Waals surface area contributed by atoms with Gasteiger partial charge in [0.15, 0.2) is 4.34 Å². The standard InChI is InChI=1S/C12H9Cl2N3O2S2/c13-8-2-1-7(9(14)5-8)6-20-11-16-15-10(21-11)17-3-4-19-12(17)18/h1-2,5H,3-4,6H2. The number of halogens is 2. The second-order valence-corrected chi connectivity index (χ2v) is 7.16. The molecule has 1 amide bonds. The molecule has 0 bridgehead atoms. The van der Waals surface area contributed by atoms with Gasteiger partial charge in [0.1, 0.15) is 6.61 Å². The maximum absolute atomic E-state index is 11.4. The molecule has 21 heavy (non-hydrogen) atoms. The Balaban J connectivity index is 1.66. The van der Waals surface area contributed by atoms with Crippen molar-refractivity contribution < 1.29 is 9.53 Å². The van der Waals surface area contributed by atoms with Crippen LogP contribution in [0.2, 0.25) is 10.0 Å². The summed E-state index contributed by atoms with van der Waals surface area (Å²) in [6.45, 7) is 0.905. The van der Waals surface area contributed by atoms with Crippen molar-refractivity contribution in [2.45, 2.75) is 10.1 Å². The third-order valence-corrected chi connectivity index (χ3v) is 5.47. The minimum Gasteiger partial charge on any atom is -0.447 e. The fourth-order valence-corrected chi connectivity index (χ4v) is 4.13. The highest BCUT2D eigenvalue weighted by Crippen LogP contribution is 2.33. The van der Waals surface area contributed by atoms with Gasteiger partial charge in [-0.3, -0.25) is 0 Å². The van der Waals surface area contributed by atoms with Crippen molar-refractivity contribution in [1.29, 1.82) is 0 Å². The maximum atomic E-state index is 11.4. The summed E-state index contributed by atoms with van der Waals surface area (Å²) in [5, 5.41) is 9.88. The van der Waals surface area contributed by atoms with Crippen LogP contribution in [0.3, 0.4) is 0 Å². The van der Waals surface area contributed by atoms with Crippen molar-refractivity contribution >= 4 is 57.5 Å². The Morgan fingerprint density at radius 3 is 2.95 bits per heavy atom. The van der Waals surface area contributed by atoms with E-state index in [9.17, 15) is 4.79 Å². The highest BCUT2D eigenvalue weighted by molar-refractivity contribution is 8.00. The van der Waals surface area contributed by atoms with E-state index in [1.54, 1.807) is 12.1 Å². The van der Waals surface area contributed by atoms with Crippen LogP contribution in [0.15, 0.2) is 22.5 Å². The number of cyclic esters (lactones) is 1. The van der Waals surface area contributed by atoms with Crippen LogP contribution in [0.5, 0.6) is 0 Å². The number of carbonyl (C=O) groups excluding carboxylic acids is 1. The molecule has 2 heterocycles. The molecule has 1 fully saturated rings. The van der Waals surface area contributed by atoms with E-state index >= 15 is 0 Å². The molecule has 1 aliphatic rings. The summed E-state index contributed by atoms with van der Waals surface area (Å²) in [5.74, 6) is 0.662. The van der Waals surface area contributed by atoms with Crippen molar-refractivity contribution in [2.24, 2.45) is 0 Å². The molecule has 0 aliphatic carbocycles. The van der Waals surface area contributed by atoms with Crippen LogP contribution in [0.25, 0.3) is 0 Å². The molecule has 5 nitrogen and oxygen atoms in total. The number of benzene rings is 1. The lowest BCUT2D eigenvalue weighted by molar-refractivity contribution is 0.181. The number of rotatable bonds is 4. The van der Waals surface area contributed by atoms with Crippen LogP contribution in [0, 0.1) is 0 Å². The minimum absolute atomic E-state index is 0.372. The van der Waals surface area contributed by atoms with Gasteiger partial charge in [0.05, 0.1) is 6.54 Å². The van der Waals surface area contributed by atoms with Gasteiger partial charge in [-0.25, -0.2) is 9.69 Å². The van der Waals surface area contributed by atoms with Gasteiger partial charge in [0.2, 0.25) is 5.13 Å². The first kappa shape index (κ1) is 14.9. The topological polar surface area (TPSA) is 55.3 Å². The average Bonchev–Trinajstić information content (AvgIpc) is 3.06. The van der Waals surface area contributed by atoms with Gasteiger partial charge in [0, 0.05) is 15.8 Å². The minimum atomic E-state index is -0.372. The Hall–Kier alpha value is -1.02. The highest BCUT2D eigenvalue weighted by atomic mass is 35.5. The molecule has 0 N–H and O–H groups in total. The van der Waals surface area contributed by atoms with Crippen molar-refractivity contribution in [3.05, 3.63) is 33.8 Å².